The van der Waals surface area contributed by atoms with Gasteiger partial charge >= 0.3 is 5.97 Å². The summed E-state index contributed by atoms with van der Waals surface area (Å²) in [6.07, 6.45) is 2.15. The quantitative estimate of drug-likeness (QED) is 0.809. The van der Waals surface area contributed by atoms with Crippen LogP contribution in [-0.2, 0) is 0 Å². The van der Waals surface area contributed by atoms with Crippen LogP contribution in [0.15, 0.2) is 24.3 Å². The van der Waals surface area contributed by atoms with Gasteiger partial charge in [0.05, 0.1) is 11.7 Å². The Morgan fingerprint density at radius 2 is 2.27 bits per heavy atom. The highest BCUT2D eigenvalue weighted by atomic mass is 16.5. The molecular formula is C12H16O3. The molecule has 0 aliphatic carbocycles. The van der Waals surface area contributed by atoms with E-state index in [9.17, 15) is 4.79 Å². The summed E-state index contributed by atoms with van der Waals surface area (Å²) in [5, 5.41) is 8.79. The summed E-state index contributed by atoms with van der Waals surface area (Å²) in [6.45, 7) is 4.07. The van der Waals surface area contributed by atoms with Gasteiger partial charge in [0.1, 0.15) is 5.75 Å². The van der Waals surface area contributed by atoms with Crippen molar-refractivity contribution in [2.45, 2.75) is 32.8 Å². The minimum absolute atomic E-state index is 0.124. The minimum Gasteiger partial charge on any atom is -0.491 e. The van der Waals surface area contributed by atoms with Crippen molar-refractivity contribution in [3.8, 4) is 5.75 Å². The fourth-order valence-corrected chi connectivity index (χ4v) is 1.40. The Kier molecular flexibility index (Phi) is 4.16. The highest BCUT2D eigenvalue weighted by molar-refractivity contribution is 5.87. The smallest absolute Gasteiger partial charge is 0.335 e. The van der Waals surface area contributed by atoms with E-state index in [0.29, 0.717) is 5.75 Å². The van der Waals surface area contributed by atoms with Crippen molar-refractivity contribution >= 4 is 5.97 Å². The van der Waals surface area contributed by atoms with Crippen LogP contribution in [0.5, 0.6) is 5.75 Å². The molecule has 0 bridgehead atoms. The van der Waals surface area contributed by atoms with Gasteiger partial charge in [0.2, 0.25) is 0 Å². The molecule has 0 saturated carbocycles. The van der Waals surface area contributed by atoms with E-state index >= 15 is 0 Å². The fraction of sp³-hybridized carbons (Fsp3) is 0.417. The van der Waals surface area contributed by atoms with Gasteiger partial charge in [0.25, 0.3) is 0 Å². The molecule has 0 saturated heterocycles. The van der Waals surface area contributed by atoms with Crippen LogP contribution in [0.2, 0.25) is 0 Å². The van der Waals surface area contributed by atoms with Crippen LogP contribution in [-0.4, -0.2) is 17.2 Å². The van der Waals surface area contributed by atoms with E-state index in [2.05, 4.69) is 6.92 Å². The summed E-state index contributed by atoms with van der Waals surface area (Å²) in [5.74, 6) is -0.306. The molecule has 3 heteroatoms. The lowest BCUT2D eigenvalue weighted by Crippen LogP contribution is -2.11. The molecule has 1 aromatic carbocycles. The third kappa shape index (κ3) is 3.62. The van der Waals surface area contributed by atoms with Gasteiger partial charge in [0, 0.05) is 0 Å². The van der Waals surface area contributed by atoms with Gasteiger partial charge < -0.3 is 9.84 Å². The zero-order chi connectivity index (χ0) is 11.3. The third-order valence-corrected chi connectivity index (χ3v) is 2.11. The van der Waals surface area contributed by atoms with Crippen molar-refractivity contribution in [1.29, 1.82) is 0 Å². The summed E-state index contributed by atoms with van der Waals surface area (Å²) in [5.41, 5.74) is 0.260. The number of ether oxygens (including phenoxy) is 1. The molecule has 0 heterocycles. The predicted molar refractivity (Wildman–Crippen MR) is 58.4 cm³/mol. The first-order chi connectivity index (χ1) is 7.13. The van der Waals surface area contributed by atoms with Crippen molar-refractivity contribution in [1.82, 2.24) is 0 Å². The Bertz CT molecular complexity index is 333. The highest BCUT2D eigenvalue weighted by Gasteiger charge is 2.06. The number of carboxylic acids is 1. The third-order valence-electron chi connectivity index (χ3n) is 2.11. The minimum atomic E-state index is -0.927. The SMILES string of the molecule is CCCC(C)Oc1cccc(C(=O)O)c1. The van der Waals surface area contributed by atoms with Crippen molar-refractivity contribution in [3.63, 3.8) is 0 Å². The number of carboxylic acid groups (broad SMARTS) is 1. The largest absolute Gasteiger partial charge is 0.491 e. The maximum atomic E-state index is 10.7. The van der Waals surface area contributed by atoms with E-state index in [1.54, 1.807) is 24.3 Å². The molecular weight excluding hydrogens is 192 g/mol. The summed E-state index contributed by atoms with van der Waals surface area (Å²) in [4.78, 5) is 10.7. The molecule has 1 atom stereocenters. The predicted octanol–water partition coefficient (Wildman–Crippen LogP) is 2.95. The molecule has 82 valence electrons. The molecule has 1 aromatic rings. The van der Waals surface area contributed by atoms with E-state index in [1.165, 1.54) is 0 Å². The van der Waals surface area contributed by atoms with E-state index in [0.717, 1.165) is 12.8 Å². The molecule has 3 nitrogen and oxygen atoms in total. The van der Waals surface area contributed by atoms with Gasteiger partial charge in [-0.05, 0) is 31.5 Å². The van der Waals surface area contributed by atoms with Gasteiger partial charge in [0.15, 0.2) is 0 Å². The van der Waals surface area contributed by atoms with E-state index < -0.39 is 5.97 Å². The summed E-state index contributed by atoms with van der Waals surface area (Å²) >= 11 is 0. The van der Waals surface area contributed by atoms with Crippen LogP contribution in [0.1, 0.15) is 37.0 Å². The van der Waals surface area contributed by atoms with Crippen LogP contribution in [0.4, 0.5) is 0 Å². The number of rotatable bonds is 5. The van der Waals surface area contributed by atoms with Crippen LogP contribution < -0.4 is 4.74 Å². The number of carbonyl (C=O) groups is 1. The Balaban J connectivity index is 2.69. The first-order valence-corrected chi connectivity index (χ1v) is 5.13. The normalized spacial score (nSPS) is 12.1. The van der Waals surface area contributed by atoms with Crippen LogP contribution in [0, 0.1) is 0 Å². The second-order valence-electron chi connectivity index (χ2n) is 3.55. The molecule has 1 N–H and O–H groups in total. The molecule has 0 aliphatic heterocycles. The molecule has 0 fully saturated rings. The van der Waals surface area contributed by atoms with Gasteiger partial charge in [-0.2, -0.15) is 0 Å². The fourth-order valence-electron chi connectivity index (χ4n) is 1.40. The number of hydrogen-bond donors (Lipinski definition) is 1. The van der Waals surface area contributed by atoms with E-state index in [1.807, 2.05) is 6.92 Å². The summed E-state index contributed by atoms with van der Waals surface area (Å²) in [7, 11) is 0. The number of aromatic carboxylic acids is 1. The monoisotopic (exact) mass is 208 g/mol. The summed E-state index contributed by atoms with van der Waals surface area (Å²) in [6, 6.07) is 6.57. The second kappa shape index (κ2) is 5.39. The first kappa shape index (κ1) is 11.6. The van der Waals surface area contributed by atoms with Crippen molar-refractivity contribution in [3.05, 3.63) is 29.8 Å². The lowest BCUT2D eigenvalue weighted by Gasteiger charge is -2.13. The van der Waals surface area contributed by atoms with Crippen LogP contribution in [0.25, 0.3) is 0 Å². The van der Waals surface area contributed by atoms with E-state index in [-0.39, 0.29) is 11.7 Å². The number of hydrogen-bond acceptors (Lipinski definition) is 2. The molecule has 1 unspecified atom stereocenters. The zero-order valence-electron chi connectivity index (χ0n) is 9.06. The van der Waals surface area contributed by atoms with Crippen molar-refractivity contribution in [2.24, 2.45) is 0 Å². The van der Waals surface area contributed by atoms with Crippen molar-refractivity contribution in [2.75, 3.05) is 0 Å². The lowest BCUT2D eigenvalue weighted by molar-refractivity contribution is 0.0696. The zero-order valence-corrected chi connectivity index (χ0v) is 9.06. The maximum absolute atomic E-state index is 10.7. The molecule has 0 radical (unpaired) electrons. The average molecular weight is 208 g/mol. The van der Waals surface area contributed by atoms with Crippen LogP contribution >= 0.6 is 0 Å². The Labute approximate surface area is 89.7 Å². The van der Waals surface area contributed by atoms with Gasteiger partial charge in [-0.3, -0.25) is 0 Å². The second-order valence-corrected chi connectivity index (χ2v) is 3.55. The van der Waals surface area contributed by atoms with Gasteiger partial charge in [-0.25, -0.2) is 4.79 Å². The topological polar surface area (TPSA) is 46.5 Å². The van der Waals surface area contributed by atoms with Crippen molar-refractivity contribution < 1.29 is 14.6 Å². The Morgan fingerprint density at radius 1 is 1.53 bits per heavy atom. The molecule has 1 rings (SSSR count). The number of benzene rings is 1. The molecule has 0 aromatic heterocycles. The Morgan fingerprint density at radius 3 is 2.87 bits per heavy atom. The van der Waals surface area contributed by atoms with E-state index in [4.69, 9.17) is 9.84 Å². The van der Waals surface area contributed by atoms with Crippen LogP contribution in [0.3, 0.4) is 0 Å². The molecule has 0 amide bonds. The highest BCUT2D eigenvalue weighted by Crippen LogP contribution is 2.16. The Hall–Kier alpha value is -1.51. The molecule has 0 spiro atoms. The lowest BCUT2D eigenvalue weighted by atomic mass is 10.2. The maximum Gasteiger partial charge on any atom is 0.335 e. The molecule has 0 aliphatic rings. The average Bonchev–Trinajstić information content (AvgIpc) is 2.18. The first-order valence-electron chi connectivity index (χ1n) is 5.13. The summed E-state index contributed by atoms with van der Waals surface area (Å²) < 4.78 is 5.58. The van der Waals surface area contributed by atoms with Gasteiger partial charge in [-0.15, -0.1) is 0 Å². The molecule has 15 heavy (non-hydrogen) atoms. The van der Waals surface area contributed by atoms with Gasteiger partial charge in [-0.1, -0.05) is 19.4 Å². The standard InChI is InChI=1S/C12H16O3/c1-3-5-9(2)15-11-7-4-6-10(8-11)12(13)14/h4,6-9H,3,5H2,1-2H3,(H,13,14).